The van der Waals surface area contributed by atoms with E-state index in [4.69, 9.17) is 0 Å². The maximum absolute atomic E-state index is 13.0. The van der Waals surface area contributed by atoms with Gasteiger partial charge < -0.3 is 4.98 Å². The lowest BCUT2D eigenvalue weighted by Gasteiger charge is -2.02. The van der Waals surface area contributed by atoms with Crippen LogP contribution in [0.15, 0.2) is 29.1 Å². The standard InChI is InChI=1S/C11H8F2N2O/c1-6-4-10(16)15-11(14-6)7-2-3-8(12)9(13)5-7/h2-5H,1H3,(H,14,15,16). The van der Waals surface area contributed by atoms with Crippen molar-refractivity contribution in [2.45, 2.75) is 6.92 Å². The summed E-state index contributed by atoms with van der Waals surface area (Å²) >= 11 is 0. The second kappa shape index (κ2) is 3.84. The molecular formula is C11H8F2N2O. The molecule has 0 amide bonds. The number of aromatic amines is 1. The molecule has 0 unspecified atom stereocenters. The number of H-pyrrole nitrogens is 1. The summed E-state index contributed by atoms with van der Waals surface area (Å²) in [5.74, 6) is -1.68. The fraction of sp³-hybridized carbons (Fsp3) is 0.0909. The van der Waals surface area contributed by atoms with Crippen LogP contribution in [0.2, 0.25) is 0 Å². The molecule has 3 nitrogen and oxygen atoms in total. The van der Waals surface area contributed by atoms with Gasteiger partial charge in [-0.3, -0.25) is 4.79 Å². The third-order valence-corrected chi connectivity index (χ3v) is 2.06. The summed E-state index contributed by atoms with van der Waals surface area (Å²) in [7, 11) is 0. The molecule has 82 valence electrons. The fourth-order valence-corrected chi connectivity index (χ4v) is 1.36. The first-order valence-electron chi connectivity index (χ1n) is 4.59. The first-order valence-corrected chi connectivity index (χ1v) is 4.59. The van der Waals surface area contributed by atoms with Crippen LogP contribution in [-0.2, 0) is 0 Å². The SMILES string of the molecule is Cc1cc(=O)[nH]c(-c2ccc(F)c(F)c2)n1. The molecule has 0 spiro atoms. The minimum absolute atomic E-state index is 0.226. The topological polar surface area (TPSA) is 45.8 Å². The van der Waals surface area contributed by atoms with Crippen LogP contribution in [0.3, 0.4) is 0 Å². The van der Waals surface area contributed by atoms with Crippen molar-refractivity contribution in [1.29, 1.82) is 0 Å². The second-order valence-electron chi connectivity index (χ2n) is 3.36. The molecule has 0 aliphatic rings. The first-order chi connectivity index (χ1) is 7.56. The van der Waals surface area contributed by atoms with Crippen LogP contribution in [0.4, 0.5) is 8.78 Å². The Morgan fingerprint density at radius 2 is 1.94 bits per heavy atom. The summed E-state index contributed by atoms with van der Waals surface area (Å²) in [6, 6.07) is 4.67. The molecule has 2 aromatic rings. The van der Waals surface area contributed by atoms with Crippen LogP contribution in [0.1, 0.15) is 5.69 Å². The Kier molecular flexibility index (Phi) is 2.52. The Labute approximate surface area is 89.8 Å². The Morgan fingerprint density at radius 3 is 2.56 bits per heavy atom. The largest absolute Gasteiger partial charge is 0.307 e. The van der Waals surface area contributed by atoms with E-state index in [-0.39, 0.29) is 11.4 Å². The van der Waals surface area contributed by atoms with Gasteiger partial charge in [0, 0.05) is 17.3 Å². The van der Waals surface area contributed by atoms with Crippen molar-refractivity contribution >= 4 is 0 Å². The molecule has 16 heavy (non-hydrogen) atoms. The zero-order valence-corrected chi connectivity index (χ0v) is 8.42. The highest BCUT2D eigenvalue weighted by atomic mass is 19.2. The van der Waals surface area contributed by atoms with Gasteiger partial charge in [-0.25, -0.2) is 13.8 Å². The number of rotatable bonds is 1. The minimum atomic E-state index is -0.971. The lowest BCUT2D eigenvalue weighted by Crippen LogP contribution is -2.08. The number of aryl methyl sites for hydroxylation is 1. The number of nitrogens with one attached hydrogen (secondary N) is 1. The Balaban J connectivity index is 2.58. The van der Waals surface area contributed by atoms with E-state index in [2.05, 4.69) is 9.97 Å². The monoisotopic (exact) mass is 222 g/mol. The molecule has 2 rings (SSSR count). The minimum Gasteiger partial charge on any atom is -0.307 e. The highest BCUT2D eigenvalue weighted by molar-refractivity contribution is 5.54. The van der Waals surface area contributed by atoms with Crippen LogP contribution in [0, 0.1) is 18.6 Å². The van der Waals surface area contributed by atoms with Gasteiger partial charge in [0.05, 0.1) is 0 Å². The van der Waals surface area contributed by atoms with E-state index in [1.807, 2.05) is 0 Å². The molecule has 0 aliphatic carbocycles. The number of hydrogen-bond donors (Lipinski definition) is 1. The van der Waals surface area contributed by atoms with Crippen LogP contribution in [0.25, 0.3) is 11.4 Å². The molecule has 1 aromatic carbocycles. The van der Waals surface area contributed by atoms with Crippen molar-refractivity contribution in [2.24, 2.45) is 0 Å². The van der Waals surface area contributed by atoms with E-state index < -0.39 is 11.6 Å². The number of nitrogens with zero attached hydrogens (tertiary/aromatic N) is 1. The van der Waals surface area contributed by atoms with E-state index in [1.165, 1.54) is 12.1 Å². The van der Waals surface area contributed by atoms with Crippen molar-refractivity contribution < 1.29 is 8.78 Å². The van der Waals surface area contributed by atoms with Gasteiger partial charge >= 0.3 is 0 Å². The van der Waals surface area contributed by atoms with Crippen molar-refractivity contribution in [1.82, 2.24) is 9.97 Å². The maximum Gasteiger partial charge on any atom is 0.251 e. The summed E-state index contributed by atoms with van der Waals surface area (Å²) in [6.07, 6.45) is 0. The summed E-state index contributed by atoms with van der Waals surface area (Å²) in [5, 5.41) is 0. The molecule has 1 N–H and O–H groups in total. The Hall–Kier alpha value is -2.04. The third-order valence-electron chi connectivity index (χ3n) is 2.06. The highest BCUT2D eigenvalue weighted by Crippen LogP contribution is 2.16. The normalized spacial score (nSPS) is 10.4. The molecule has 0 saturated heterocycles. The van der Waals surface area contributed by atoms with Gasteiger partial charge in [-0.2, -0.15) is 0 Å². The number of hydrogen-bond acceptors (Lipinski definition) is 2. The summed E-state index contributed by atoms with van der Waals surface area (Å²) in [6.45, 7) is 1.65. The molecule has 0 aliphatic heterocycles. The molecule has 0 saturated carbocycles. The van der Waals surface area contributed by atoms with Crippen LogP contribution in [0.5, 0.6) is 0 Å². The molecule has 0 fully saturated rings. The lowest BCUT2D eigenvalue weighted by atomic mass is 10.2. The zero-order chi connectivity index (χ0) is 11.7. The third kappa shape index (κ3) is 1.98. The Morgan fingerprint density at radius 1 is 1.19 bits per heavy atom. The van der Waals surface area contributed by atoms with Gasteiger partial charge in [0.15, 0.2) is 11.6 Å². The van der Waals surface area contributed by atoms with Crippen LogP contribution >= 0.6 is 0 Å². The second-order valence-corrected chi connectivity index (χ2v) is 3.36. The van der Waals surface area contributed by atoms with Crippen LogP contribution in [-0.4, -0.2) is 9.97 Å². The lowest BCUT2D eigenvalue weighted by molar-refractivity contribution is 0.509. The van der Waals surface area contributed by atoms with Gasteiger partial charge in [-0.1, -0.05) is 0 Å². The molecule has 0 atom stereocenters. The van der Waals surface area contributed by atoms with Crippen molar-refractivity contribution in [3.63, 3.8) is 0 Å². The summed E-state index contributed by atoms with van der Waals surface area (Å²) in [5.41, 5.74) is 0.524. The number of halogens is 2. The molecule has 1 aromatic heterocycles. The van der Waals surface area contributed by atoms with E-state index in [9.17, 15) is 13.6 Å². The molecular weight excluding hydrogens is 214 g/mol. The number of aromatic nitrogens is 2. The summed E-state index contributed by atoms with van der Waals surface area (Å²) in [4.78, 5) is 17.7. The van der Waals surface area contributed by atoms with Crippen molar-refractivity contribution in [2.75, 3.05) is 0 Å². The average molecular weight is 222 g/mol. The van der Waals surface area contributed by atoms with Crippen LogP contribution < -0.4 is 5.56 Å². The van der Waals surface area contributed by atoms with Gasteiger partial charge in [0.25, 0.3) is 5.56 Å². The zero-order valence-electron chi connectivity index (χ0n) is 8.42. The molecule has 0 bridgehead atoms. The van der Waals surface area contributed by atoms with Gasteiger partial charge in [0.1, 0.15) is 5.82 Å². The van der Waals surface area contributed by atoms with E-state index >= 15 is 0 Å². The molecule has 1 heterocycles. The van der Waals surface area contributed by atoms with Gasteiger partial charge in [-0.05, 0) is 25.1 Å². The van der Waals surface area contributed by atoms with Crippen molar-refractivity contribution in [3.8, 4) is 11.4 Å². The highest BCUT2D eigenvalue weighted by Gasteiger charge is 2.06. The quantitative estimate of drug-likeness (QED) is 0.802. The first kappa shape index (κ1) is 10.5. The van der Waals surface area contributed by atoms with Gasteiger partial charge in [0.2, 0.25) is 0 Å². The van der Waals surface area contributed by atoms with E-state index in [0.717, 1.165) is 12.1 Å². The van der Waals surface area contributed by atoms with Gasteiger partial charge in [-0.15, -0.1) is 0 Å². The van der Waals surface area contributed by atoms with E-state index in [1.54, 1.807) is 6.92 Å². The maximum atomic E-state index is 13.0. The fourth-order valence-electron chi connectivity index (χ4n) is 1.36. The smallest absolute Gasteiger partial charge is 0.251 e. The Bertz CT molecular complexity index is 593. The predicted octanol–water partition coefficient (Wildman–Crippen LogP) is 2.02. The number of benzene rings is 1. The van der Waals surface area contributed by atoms with E-state index in [0.29, 0.717) is 11.3 Å². The van der Waals surface area contributed by atoms with Crippen molar-refractivity contribution in [3.05, 3.63) is 51.9 Å². The molecule has 0 radical (unpaired) electrons. The molecule has 5 heteroatoms. The average Bonchev–Trinajstić information content (AvgIpc) is 2.20. The predicted molar refractivity (Wildman–Crippen MR) is 54.9 cm³/mol. The summed E-state index contributed by atoms with van der Waals surface area (Å²) < 4.78 is 25.7.